The van der Waals surface area contributed by atoms with E-state index in [1.54, 1.807) is 12.1 Å². The molecule has 1 atom stereocenters. The summed E-state index contributed by atoms with van der Waals surface area (Å²) < 4.78 is 5.78. The summed E-state index contributed by atoms with van der Waals surface area (Å²) in [5, 5.41) is 10.2. The summed E-state index contributed by atoms with van der Waals surface area (Å²) in [5.74, 6) is 0.900. The number of amides is 2. The van der Waals surface area contributed by atoms with Crippen LogP contribution in [-0.4, -0.2) is 78.2 Å². The number of likely N-dealkylation sites (tertiary alicyclic amines) is 1. The molecule has 2 aromatic carbocycles. The van der Waals surface area contributed by atoms with E-state index < -0.39 is 6.10 Å². The van der Waals surface area contributed by atoms with Crippen molar-refractivity contribution in [3.05, 3.63) is 59.7 Å². The molecule has 2 aromatic rings. The molecule has 0 aliphatic carbocycles. The minimum atomic E-state index is -0.414. The van der Waals surface area contributed by atoms with Crippen LogP contribution >= 0.6 is 0 Å². The van der Waals surface area contributed by atoms with Crippen molar-refractivity contribution in [3.8, 4) is 5.75 Å². The lowest BCUT2D eigenvalue weighted by Crippen LogP contribution is -2.50. The fourth-order valence-corrected chi connectivity index (χ4v) is 5.24. The van der Waals surface area contributed by atoms with Gasteiger partial charge in [0.1, 0.15) is 5.75 Å². The number of carbonyl (C=O) groups is 2. The van der Waals surface area contributed by atoms with Crippen molar-refractivity contribution in [1.29, 1.82) is 0 Å². The Labute approximate surface area is 214 Å². The van der Waals surface area contributed by atoms with Crippen LogP contribution in [-0.2, 0) is 11.2 Å². The summed E-state index contributed by atoms with van der Waals surface area (Å²) in [4.78, 5) is 31.9. The number of anilines is 1. The van der Waals surface area contributed by atoms with Crippen LogP contribution in [0.2, 0.25) is 0 Å². The Morgan fingerprint density at radius 3 is 2.44 bits per heavy atom. The van der Waals surface area contributed by atoms with Gasteiger partial charge in [0.15, 0.2) is 0 Å². The number of fused-ring (bicyclic) bond motifs is 1. The van der Waals surface area contributed by atoms with Crippen molar-refractivity contribution in [2.75, 3.05) is 44.2 Å². The van der Waals surface area contributed by atoms with Crippen molar-refractivity contribution >= 4 is 17.5 Å². The number of rotatable bonds is 10. The lowest BCUT2D eigenvalue weighted by molar-refractivity contribution is -0.119. The number of aryl methyl sites for hydroxylation is 1. The molecule has 7 heteroatoms. The molecule has 0 saturated carbocycles. The smallest absolute Gasteiger partial charge is 0.253 e. The number of hydrogen-bond acceptors (Lipinski definition) is 5. The standard InChI is InChI=1S/C29H39N3O4/c1-3-30(4-2)21-25(33)17-20-36-26-12-9-23(10-13-26)29(35)31-18-15-24(16-19-31)32-27-8-6-5-7-22(27)11-14-28(32)34/h5-10,12-13,24-25,33H,3-4,11,14-21H2,1-2H3. The minimum Gasteiger partial charge on any atom is -0.493 e. The summed E-state index contributed by atoms with van der Waals surface area (Å²) >= 11 is 0. The van der Waals surface area contributed by atoms with Crippen LogP contribution in [0.5, 0.6) is 5.75 Å². The van der Waals surface area contributed by atoms with Gasteiger partial charge in [-0.3, -0.25) is 9.59 Å². The Morgan fingerprint density at radius 1 is 1.06 bits per heavy atom. The van der Waals surface area contributed by atoms with Gasteiger partial charge in [0, 0.05) is 49.8 Å². The largest absolute Gasteiger partial charge is 0.493 e. The van der Waals surface area contributed by atoms with Crippen molar-refractivity contribution in [3.63, 3.8) is 0 Å². The SMILES string of the molecule is CCN(CC)CC(O)CCOc1ccc(C(=O)N2CCC(N3C(=O)CCc4ccccc43)CC2)cc1. The van der Waals surface area contributed by atoms with Crippen LogP contribution in [0.3, 0.4) is 0 Å². The maximum atomic E-state index is 13.1. The Morgan fingerprint density at radius 2 is 1.75 bits per heavy atom. The highest BCUT2D eigenvalue weighted by Crippen LogP contribution is 2.32. The van der Waals surface area contributed by atoms with Crippen LogP contribution < -0.4 is 9.64 Å². The first-order valence-corrected chi connectivity index (χ1v) is 13.3. The minimum absolute atomic E-state index is 0.0139. The first-order chi connectivity index (χ1) is 17.5. The number of aliphatic hydroxyl groups is 1. The number of ether oxygens (including phenoxy) is 1. The van der Waals surface area contributed by atoms with Gasteiger partial charge in [0.25, 0.3) is 5.91 Å². The molecule has 0 aromatic heterocycles. The predicted octanol–water partition coefficient (Wildman–Crippen LogP) is 3.74. The van der Waals surface area contributed by atoms with Crippen LogP contribution in [0, 0.1) is 0 Å². The van der Waals surface area contributed by atoms with Crippen LogP contribution in [0.15, 0.2) is 48.5 Å². The second-order valence-corrected chi connectivity index (χ2v) is 9.72. The first kappa shape index (κ1) is 26.2. The van der Waals surface area contributed by atoms with Gasteiger partial charge in [0.2, 0.25) is 5.91 Å². The molecule has 0 spiro atoms. The number of nitrogens with zero attached hydrogens (tertiary/aromatic N) is 3. The number of carbonyl (C=O) groups excluding carboxylic acids is 2. The van der Waals surface area contributed by atoms with E-state index in [-0.39, 0.29) is 17.9 Å². The average molecular weight is 494 g/mol. The third-order valence-electron chi connectivity index (χ3n) is 7.43. The van der Waals surface area contributed by atoms with Gasteiger partial charge < -0.3 is 24.5 Å². The highest BCUT2D eigenvalue weighted by Gasteiger charge is 2.33. The zero-order valence-electron chi connectivity index (χ0n) is 21.6. The number of piperidine rings is 1. The van der Waals surface area contributed by atoms with E-state index in [0.717, 1.165) is 38.0 Å². The Kier molecular flexibility index (Phi) is 8.99. The van der Waals surface area contributed by atoms with Gasteiger partial charge in [-0.2, -0.15) is 0 Å². The number of para-hydroxylation sites is 1. The number of likely N-dealkylation sites (N-methyl/N-ethyl adjacent to an activating group) is 1. The fraction of sp³-hybridized carbons (Fsp3) is 0.517. The van der Waals surface area contributed by atoms with Crippen LogP contribution in [0.4, 0.5) is 5.69 Å². The van der Waals surface area contributed by atoms with Gasteiger partial charge in [-0.05, 0) is 68.2 Å². The normalized spacial score (nSPS) is 17.3. The van der Waals surface area contributed by atoms with Crippen LogP contribution in [0.25, 0.3) is 0 Å². The molecule has 1 fully saturated rings. The molecule has 2 heterocycles. The van der Waals surface area contributed by atoms with Gasteiger partial charge in [-0.1, -0.05) is 32.0 Å². The Bertz CT molecular complexity index is 1010. The lowest BCUT2D eigenvalue weighted by Gasteiger charge is -2.41. The third kappa shape index (κ3) is 6.26. The molecule has 1 unspecified atom stereocenters. The Balaban J connectivity index is 1.26. The number of aliphatic hydroxyl groups excluding tert-OH is 1. The third-order valence-corrected chi connectivity index (χ3v) is 7.43. The van der Waals surface area contributed by atoms with Crippen molar-refractivity contribution in [2.24, 2.45) is 0 Å². The Hall–Kier alpha value is -2.90. The first-order valence-electron chi connectivity index (χ1n) is 13.3. The zero-order valence-corrected chi connectivity index (χ0v) is 21.6. The molecular weight excluding hydrogens is 454 g/mol. The monoisotopic (exact) mass is 493 g/mol. The quantitative estimate of drug-likeness (QED) is 0.546. The summed E-state index contributed by atoms with van der Waals surface area (Å²) in [7, 11) is 0. The molecule has 194 valence electrons. The lowest BCUT2D eigenvalue weighted by atomic mass is 9.95. The molecule has 2 aliphatic rings. The van der Waals surface area contributed by atoms with E-state index in [1.807, 2.05) is 40.1 Å². The average Bonchev–Trinajstić information content (AvgIpc) is 2.92. The molecule has 1 N–H and O–H groups in total. The van der Waals surface area contributed by atoms with Gasteiger partial charge in [0.05, 0.1) is 12.7 Å². The van der Waals surface area contributed by atoms with Gasteiger partial charge >= 0.3 is 0 Å². The second-order valence-electron chi connectivity index (χ2n) is 9.72. The molecular formula is C29H39N3O4. The molecule has 0 radical (unpaired) electrons. The molecule has 2 amide bonds. The van der Waals surface area contributed by atoms with E-state index >= 15 is 0 Å². The van der Waals surface area contributed by atoms with Crippen LogP contribution in [0.1, 0.15) is 55.5 Å². The predicted molar refractivity (Wildman–Crippen MR) is 142 cm³/mol. The van der Waals surface area contributed by atoms with Gasteiger partial charge in [-0.15, -0.1) is 0 Å². The highest BCUT2D eigenvalue weighted by atomic mass is 16.5. The summed E-state index contributed by atoms with van der Waals surface area (Å²) in [6.45, 7) is 8.38. The van der Waals surface area contributed by atoms with E-state index in [4.69, 9.17) is 4.74 Å². The second kappa shape index (κ2) is 12.4. The fourth-order valence-electron chi connectivity index (χ4n) is 5.24. The molecule has 1 saturated heterocycles. The molecule has 2 aliphatic heterocycles. The summed E-state index contributed by atoms with van der Waals surface area (Å²) in [6.07, 6.45) is 3.07. The molecule has 7 nitrogen and oxygen atoms in total. The highest BCUT2D eigenvalue weighted by molar-refractivity contribution is 5.97. The van der Waals surface area contributed by atoms with E-state index in [1.165, 1.54) is 5.56 Å². The zero-order chi connectivity index (χ0) is 25.5. The van der Waals surface area contributed by atoms with Gasteiger partial charge in [-0.25, -0.2) is 0 Å². The molecule has 0 bridgehead atoms. The van der Waals surface area contributed by atoms with E-state index in [9.17, 15) is 14.7 Å². The van der Waals surface area contributed by atoms with Crippen molar-refractivity contribution in [2.45, 2.75) is 58.1 Å². The van der Waals surface area contributed by atoms with Crippen molar-refractivity contribution < 1.29 is 19.4 Å². The van der Waals surface area contributed by atoms with E-state index in [2.05, 4.69) is 24.8 Å². The number of benzene rings is 2. The van der Waals surface area contributed by atoms with Crippen molar-refractivity contribution in [1.82, 2.24) is 9.80 Å². The molecule has 4 rings (SSSR count). The summed E-state index contributed by atoms with van der Waals surface area (Å²) in [5.41, 5.74) is 2.91. The topological polar surface area (TPSA) is 73.3 Å². The maximum absolute atomic E-state index is 13.1. The maximum Gasteiger partial charge on any atom is 0.253 e. The molecule has 36 heavy (non-hydrogen) atoms. The summed E-state index contributed by atoms with van der Waals surface area (Å²) in [6, 6.07) is 15.6. The van der Waals surface area contributed by atoms with E-state index in [0.29, 0.717) is 50.4 Å². The number of hydrogen-bond donors (Lipinski definition) is 1.